The smallest absolute Gasteiger partial charge is 0.237 e. The molecule has 0 fully saturated rings. The Morgan fingerprint density at radius 2 is 2.17 bits per heavy atom. The molecular weight excluding hydrogens is 342 g/mol. The van der Waals surface area contributed by atoms with Gasteiger partial charge in [0, 0.05) is 10.6 Å². The van der Waals surface area contributed by atoms with Crippen molar-refractivity contribution in [3.05, 3.63) is 52.2 Å². The number of para-hydroxylation sites is 1. The molecule has 0 aliphatic heterocycles. The summed E-state index contributed by atoms with van der Waals surface area (Å²) < 4.78 is 1.72. The minimum atomic E-state index is -0.308. The Morgan fingerprint density at radius 1 is 1.33 bits per heavy atom. The molecule has 1 N–H and O–H groups in total. The van der Waals surface area contributed by atoms with Gasteiger partial charge in [0.15, 0.2) is 0 Å². The summed E-state index contributed by atoms with van der Waals surface area (Å²) in [6.07, 6.45) is 0. The molecule has 0 spiro atoms. The van der Waals surface area contributed by atoms with E-state index in [0.29, 0.717) is 11.7 Å². The summed E-state index contributed by atoms with van der Waals surface area (Å²) in [5.41, 5.74) is 1.86. The molecule has 1 unspecified atom stereocenters. The third-order valence-corrected chi connectivity index (χ3v) is 5.37. The molecule has 1 aromatic carbocycles. The topological polar surface area (TPSA) is 72.7 Å². The van der Waals surface area contributed by atoms with Gasteiger partial charge in [0.1, 0.15) is 0 Å². The first kappa shape index (κ1) is 16.7. The average molecular weight is 359 g/mol. The van der Waals surface area contributed by atoms with Crippen LogP contribution in [-0.2, 0) is 11.3 Å². The number of aromatic nitrogens is 4. The summed E-state index contributed by atoms with van der Waals surface area (Å²) in [5.74, 6) is -0.0695. The molecule has 6 nitrogen and oxygen atoms in total. The van der Waals surface area contributed by atoms with Gasteiger partial charge in [-0.15, -0.1) is 16.4 Å². The van der Waals surface area contributed by atoms with Crippen molar-refractivity contribution in [3.63, 3.8) is 0 Å². The number of carbonyl (C=O) groups is 1. The number of thiophene rings is 1. The Hall–Kier alpha value is -2.19. The van der Waals surface area contributed by atoms with Crippen molar-refractivity contribution in [2.75, 3.05) is 5.32 Å². The number of tetrazole rings is 1. The molecule has 0 radical (unpaired) electrons. The summed E-state index contributed by atoms with van der Waals surface area (Å²) >= 11 is 3.00. The average Bonchev–Trinajstić information content (AvgIpc) is 3.22. The highest BCUT2D eigenvalue weighted by Gasteiger charge is 2.19. The molecule has 24 heavy (non-hydrogen) atoms. The quantitative estimate of drug-likeness (QED) is 0.684. The Bertz CT molecular complexity index is 816. The number of nitrogens with one attached hydrogen (secondary N) is 1. The Labute approximate surface area is 148 Å². The normalized spacial score (nSPS) is 12.1. The summed E-state index contributed by atoms with van der Waals surface area (Å²) in [5, 5.41) is 17.1. The van der Waals surface area contributed by atoms with Crippen molar-refractivity contribution in [1.82, 2.24) is 20.2 Å². The Kier molecular flexibility index (Phi) is 5.27. The summed E-state index contributed by atoms with van der Waals surface area (Å²) in [6.45, 7) is 4.43. The van der Waals surface area contributed by atoms with Crippen LogP contribution in [0.25, 0.3) is 0 Å². The fourth-order valence-electron chi connectivity index (χ4n) is 2.09. The van der Waals surface area contributed by atoms with Gasteiger partial charge in [-0.25, -0.2) is 4.68 Å². The maximum absolute atomic E-state index is 12.4. The zero-order valence-corrected chi connectivity index (χ0v) is 15.0. The Balaban J connectivity index is 1.64. The lowest BCUT2D eigenvalue weighted by molar-refractivity contribution is -0.115. The molecule has 124 valence electrons. The fourth-order valence-corrected chi connectivity index (χ4v) is 3.56. The number of nitrogens with zero attached hydrogens (tertiary/aromatic N) is 4. The van der Waals surface area contributed by atoms with Gasteiger partial charge in [-0.2, -0.15) is 0 Å². The van der Waals surface area contributed by atoms with Gasteiger partial charge >= 0.3 is 0 Å². The molecule has 1 atom stereocenters. The number of benzene rings is 1. The van der Waals surface area contributed by atoms with Gasteiger partial charge in [0.05, 0.1) is 11.8 Å². The molecule has 0 saturated carbocycles. The standard InChI is InChI=1S/C16H17N5OS2/c1-11-6-3-4-8-14(11)17-15(22)12(2)24-16-18-19-20-21(16)10-13-7-5-9-23-13/h3-9,12H,10H2,1-2H3,(H,17,22). The highest BCUT2D eigenvalue weighted by molar-refractivity contribution is 8.00. The molecular formula is C16H17N5OS2. The van der Waals surface area contributed by atoms with E-state index in [9.17, 15) is 4.79 Å². The minimum Gasteiger partial charge on any atom is -0.325 e. The first-order valence-electron chi connectivity index (χ1n) is 7.45. The van der Waals surface area contributed by atoms with E-state index >= 15 is 0 Å². The second-order valence-corrected chi connectivity index (χ2v) is 7.60. The lowest BCUT2D eigenvalue weighted by Crippen LogP contribution is -2.23. The van der Waals surface area contributed by atoms with Crippen LogP contribution in [0.5, 0.6) is 0 Å². The van der Waals surface area contributed by atoms with E-state index in [2.05, 4.69) is 20.8 Å². The summed E-state index contributed by atoms with van der Waals surface area (Å²) in [4.78, 5) is 13.6. The second kappa shape index (κ2) is 7.59. The van der Waals surface area contributed by atoms with E-state index in [-0.39, 0.29) is 11.2 Å². The van der Waals surface area contributed by atoms with Gasteiger partial charge in [-0.3, -0.25) is 4.79 Å². The molecule has 2 heterocycles. The maximum atomic E-state index is 12.4. The predicted octanol–water partition coefficient (Wildman–Crippen LogP) is 3.21. The lowest BCUT2D eigenvalue weighted by atomic mass is 10.2. The van der Waals surface area contributed by atoms with Crippen molar-refractivity contribution < 1.29 is 4.79 Å². The number of hydrogen-bond acceptors (Lipinski definition) is 6. The lowest BCUT2D eigenvalue weighted by Gasteiger charge is -2.13. The monoisotopic (exact) mass is 359 g/mol. The van der Waals surface area contributed by atoms with Crippen molar-refractivity contribution in [2.45, 2.75) is 30.8 Å². The molecule has 0 aliphatic rings. The van der Waals surface area contributed by atoms with Crippen LogP contribution in [-0.4, -0.2) is 31.4 Å². The van der Waals surface area contributed by atoms with Crippen molar-refractivity contribution in [1.29, 1.82) is 0 Å². The predicted molar refractivity (Wildman–Crippen MR) is 96.4 cm³/mol. The molecule has 1 amide bonds. The number of aryl methyl sites for hydroxylation is 1. The van der Waals surface area contributed by atoms with E-state index in [1.165, 1.54) is 16.6 Å². The van der Waals surface area contributed by atoms with Crippen LogP contribution in [0.1, 0.15) is 17.4 Å². The Morgan fingerprint density at radius 3 is 2.92 bits per heavy atom. The van der Waals surface area contributed by atoms with E-state index in [1.54, 1.807) is 16.0 Å². The van der Waals surface area contributed by atoms with Crippen molar-refractivity contribution in [3.8, 4) is 0 Å². The van der Waals surface area contributed by atoms with Gasteiger partial charge in [0.25, 0.3) is 0 Å². The SMILES string of the molecule is Cc1ccccc1NC(=O)C(C)Sc1nnnn1Cc1cccs1. The molecule has 3 aromatic rings. The molecule has 0 aliphatic carbocycles. The van der Waals surface area contributed by atoms with Gasteiger partial charge in [0.2, 0.25) is 11.1 Å². The largest absolute Gasteiger partial charge is 0.325 e. The van der Waals surface area contributed by atoms with Gasteiger partial charge < -0.3 is 5.32 Å². The summed E-state index contributed by atoms with van der Waals surface area (Å²) in [6, 6.07) is 11.7. The number of carbonyl (C=O) groups excluding carboxylic acids is 1. The highest BCUT2D eigenvalue weighted by atomic mass is 32.2. The third-order valence-electron chi connectivity index (χ3n) is 3.44. The van der Waals surface area contributed by atoms with E-state index in [0.717, 1.165) is 11.3 Å². The van der Waals surface area contributed by atoms with Gasteiger partial charge in [-0.05, 0) is 47.4 Å². The van der Waals surface area contributed by atoms with Crippen LogP contribution in [0, 0.1) is 6.92 Å². The number of thioether (sulfide) groups is 1. The number of rotatable bonds is 6. The molecule has 0 saturated heterocycles. The first-order chi connectivity index (χ1) is 11.6. The van der Waals surface area contributed by atoms with Gasteiger partial charge in [-0.1, -0.05) is 36.0 Å². The molecule has 0 bridgehead atoms. The van der Waals surface area contributed by atoms with Crippen LogP contribution in [0.15, 0.2) is 46.9 Å². The highest BCUT2D eigenvalue weighted by Crippen LogP contribution is 2.23. The first-order valence-corrected chi connectivity index (χ1v) is 9.21. The number of anilines is 1. The van der Waals surface area contributed by atoms with E-state index in [1.807, 2.05) is 55.6 Å². The molecule has 2 aromatic heterocycles. The third kappa shape index (κ3) is 4.01. The molecule has 8 heteroatoms. The molecule has 3 rings (SSSR count). The van der Waals surface area contributed by atoms with Crippen molar-refractivity contribution in [2.24, 2.45) is 0 Å². The number of amides is 1. The van der Waals surface area contributed by atoms with E-state index < -0.39 is 0 Å². The summed E-state index contributed by atoms with van der Waals surface area (Å²) in [7, 11) is 0. The van der Waals surface area contributed by atoms with Crippen LogP contribution < -0.4 is 5.32 Å². The second-order valence-electron chi connectivity index (χ2n) is 5.26. The zero-order chi connectivity index (χ0) is 16.9. The van der Waals surface area contributed by atoms with Crippen LogP contribution in [0.2, 0.25) is 0 Å². The van der Waals surface area contributed by atoms with Crippen LogP contribution in [0.4, 0.5) is 5.69 Å². The zero-order valence-electron chi connectivity index (χ0n) is 13.3. The van der Waals surface area contributed by atoms with Crippen molar-refractivity contribution >= 4 is 34.7 Å². The van der Waals surface area contributed by atoms with Crippen LogP contribution in [0.3, 0.4) is 0 Å². The minimum absolute atomic E-state index is 0.0695. The number of hydrogen-bond donors (Lipinski definition) is 1. The van der Waals surface area contributed by atoms with E-state index in [4.69, 9.17) is 0 Å². The fraction of sp³-hybridized carbons (Fsp3) is 0.250. The maximum Gasteiger partial charge on any atom is 0.237 e. The van der Waals surface area contributed by atoms with Crippen LogP contribution >= 0.6 is 23.1 Å².